The molecule has 0 amide bonds. The van der Waals surface area contributed by atoms with Crippen LogP contribution >= 0.6 is 0 Å². The van der Waals surface area contributed by atoms with Gasteiger partial charge in [-0.1, -0.05) is 26.0 Å². The molecular weight excluding hydrogens is 260 g/mol. The summed E-state index contributed by atoms with van der Waals surface area (Å²) in [5, 5.41) is 13.5. The van der Waals surface area contributed by atoms with Crippen molar-refractivity contribution in [2.45, 2.75) is 70.2 Å². The fourth-order valence-corrected chi connectivity index (χ4v) is 4.19. The molecule has 2 heterocycles. The minimum Gasteiger partial charge on any atom is -0.393 e. The third kappa shape index (κ3) is 2.95. The van der Waals surface area contributed by atoms with Gasteiger partial charge >= 0.3 is 0 Å². The van der Waals surface area contributed by atoms with Crippen molar-refractivity contribution in [2.75, 3.05) is 11.4 Å². The number of fused-ring (bicyclic) bond motifs is 2. The van der Waals surface area contributed by atoms with E-state index in [0.29, 0.717) is 18.1 Å². The van der Waals surface area contributed by atoms with Gasteiger partial charge in [-0.15, -0.1) is 0 Å². The van der Waals surface area contributed by atoms with E-state index in [1.807, 2.05) is 0 Å². The number of piperidine rings is 1. The van der Waals surface area contributed by atoms with Gasteiger partial charge in [0.1, 0.15) is 0 Å². The van der Waals surface area contributed by atoms with Crippen LogP contribution in [0.3, 0.4) is 0 Å². The lowest BCUT2D eigenvalue weighted by Gasteiger charge is -2.39. The molecule has 0 spiro atoms. The number of nitrogens with one attached hydrogen (secondary N) is 1. The summed E-state index contributed by atoms with van der Waals surface area (Å²) in [6.45, 7) is 5.40. The van der Waals surface area contributed by atoms with Gasteiger partial charge in [0.25, 0.3) is 0 Å². The van der Waals surface area contributed by atoms with Crippen LogP contribution in [-0.4, -0.2) is 29.8 Å². The minimum absolute atomic E-state index is 0.0868. The molecule has 1 aromatic carbocycles. The molecule has 116 valence electrons. The molecule has 0 aliphatic carbocycles. The van der Waals surface area contributed by atoms with Crippen LogP contribution in [0.5, 0.6) is 0 Å². The van der Waals surface area contributed by atoms with Crippen molar-refractivity contribution in [1.82, 2.24) is 5.32 Å². The summed E-state index contributed by atoms with van der Waals surface area (Å²) in [6.07, 6.45) is 5.38. The number of hydrogen-bond donors (Lipinski definition) is 2. The summed E-state index contributed by atoms with van der Waals surface area (Å²) in [4.78, 5) is 2.56. The second-order valence-corrected chi connectivity index (χ2v) is 6.53. The van der Waals surface area contributed by atoms with E-state index in [-0.39, 0.29) is 6.10 Å². The van der Waals surface area contributed by atoms with E-state index in [1.54, 1.807) is 0 Å². The number of rotatable bonds is 5. The zero-order chi connectivity index (χ0) is 14.8. The molecule has 21 heavy (non-hydrogen) atoms. The van der Waals surface area contributed by atoms with Gasteiger partial charge in [-0.25, -0.2) is 0 Å². The average Bonchev–Trinajstić information content (AvgIpc) is 2.77. The summed E-state index contributed by atoms with van der Waals surface area (Å²) < 4.78 is 0. The Morgan fingerprint density at radius 2 is 1.76 bits per heavy atom. The highest BCUT2D eigenvalue weighted by Crippen LogP contribution is 2.39. The molecule has 1 aromatic rings. The van der Waals surface area contributed by atoms with Gasteiger partial charge in [0.2, 0.25) is 0 Å². The first-order chi connectivity index (χ1) is 10.2. The van der Waals surface area contributed by atoms with Gasteiger partial charge in [-0.3, -0.25) is 0 Å². The van der Waals surface area contributed by atoms with Crippen molar-refractivity contribution in [3.63, 3.8) is 0 Å². The third-order valence-electron chi connectivity index (χ3n) is 5.16. The highest BCUT2D eigenvalue weighted by Gasteiger charge is 2.40. The van der Waals surface area contributed by atoms with E-state index < -0.39 is 0 Å². The summed E-state index contributed by atoms with van der Waals surface area (Å²) in [6, 6.07) is 10.6. The number of aliphatic hydroxyl groups excluding tert-OH is 1. The Hall–Kier alpha value is -1.06. The van der Waals surface area contributed by atoms with Crippen LogP contribution in [0.2, 0.25) is 0 Å². The number of anilines is 1. The minimum atomic E-state index is -0.0868. The quantitative estimate of drug-likeness (QED) is 0.873. The first-order valence-corrected chi connectivity index (χ1v) is 8.52. The predicted molar refractivity (Wildman–Crippen MR) is 87.7 cm³/mol. The van der Waals surface area contributed by atoms with Gasteiger partial charge in [0.05, 0.1) is 6.10 Å². The zero-order valence-electron chi connectivity index (χ0n) is 13.3. The molecule has 3 nitrogen and oxygen atoms in total. The maximum absolute atomic E-state index is 9.93. The van der Waals surface area contributed by atoms with E-state index in [9.17, 15) is 5.11 Å². The molecule has 0 radical (unpaired) electrons. The number of hydrogen-bond acceptors (Lipinski definition) is 3. The van der Waals surface area contributed by atoms with E-state index in [0.717, 1.165) is 25.8 Å². The van der Waals surface area contributed by atoms with Crippen LogP contribution in [0, 0.1) is 0 Å². The molecule has 2 saturated heterocycles. The topological polar surface area (TPSA) is 35.5 Å². The molecule has 0 aromatic heterocycles. The van der Waals surface area contributed by atoms with Crippen LogP contribution in [-0.2, 0) is 0 Å². The summed E-state index contributed by atoms with van der Waals surface area (Å²) in [5.74, 6) is 0. The second kappa shape index (κ2) is 6.37. The Balaban J connectivity index is 1.75. The maximum atomic E-state index is 9.93. The van der Waals surface area contributed by atoms with Crippen LogP contribution in [0.1, 0.15) is 57.6 Å². The Labute approximate surface area is 128 Å². The highest BCUT2D eigenvalue weighted by molar-refractivity contribution is 5.51. The van der Waals surface area contributed by atoms with Gasteiger partial charge in [0, 0.05) is 23.8 Å². The molecule has 3 unspecified atom stereocenters. The first-order valence-electron chi connectivity index (χ1n) is 8.52. The molecule has 3 rings (SSSR count). The molecule has 2 aliphatic rings. The van der Waals surface area contributed by atoms with Crippen LogP contribution < -0.4 is 10.2 Å². The standard InChI is InChI=1S/C18H28N2O/c1-3-18(19-4-2)13-5-7-14(8-6-13)20-15-9-10-16(20)12-17(21)11-15/h5-8,15-19,21H,3-4,9-12H2,1-2H3. The Morgan fingerprint density at radius 1 is 1.14 bits per heavy atom. The Morgan fingerprint density at radius 3 is 2.29 bits per heavy atom. The maximum Gasteiger partial charge on any atom is 0.0579 e. The molecule has 2 fully saturated rings. The lowest BCUT2D eigenvalue weighted by Crippen LogP contribution is -2.44. The van der Waals surface area contributed by atoms with Gasteiger partial charge in [-0.2, -0.15) is 0 Å². The van der Waals surface area contributed by atoms with Gasteiger partial charge in [-0.05, 0) is 56.3 Å². The van der Waals surface area contributed by atoms with E-state index in [4.69, 9.17) is 0 Å². The monoisotopic (exact) mass is 288 g/mol. The third-order valence-corrected chi connectivity index (χ3v) is 5.16. The van der Waals surface area contributed by atoms with Gasteiger partial charge < -0.3 is 15.3 Å². The van der Waals surface area contributed by atoms with Crippen molar-refractivity contribution in [3.8, 4) is 0 Å². The fourth-order valence-electron chi connectivity index (χ4n) is 4.19. The molecule has 3 heteroatoms. The van der Waals surface area contributed by atoms with Crippen molar-refractivity contribution < 1.29 is 5.11 Å². The molecule has 0 saturated carbocycles. The summed E-state index contributed by atoms with van der Waals surface area (Å²) in [7, 11) is 0. The Bertz CT molecular complexity index is 445. The van der Waals surface area contributed by atoms with Crippen LogP contribution in [0.15, 0.2) is 24.3 Å². The van der Waals surface area contributed by atoms with Crippen molar-refractivity contribution in [3.05, 3.63) is 29.8 Å². The number of benzene rings is 1. The van der Waals surface area contributed by atoms with E-state index in [2.05, 4.69) is 48.3 Å². The Kier molecular flexibility index (Phi) is 4.51. The fraction of sp³-hybridized carbons (Fsp3) is 0.667. The molecule has 2 aliphatic heterocycles. The summed E-state index contributed by atoms with van der Waals surface area (Å²) in [5.41, 5.74) is 2.72. The number of nitrogens with zero attached hydrogens (tertiary/aromatic N) is 1. The largest absolute Gasteiger partial charge is 0.393 e. The van der Waals surface area contributed by atoms with Crippen molar-refractivity contribution in [2.24, 2.45) is 0 Å². The zero-order valence-corrected chi connectivity index (χ0v) is 13.3. The summed E-state index contributed by atoms with van der Waals surface area (Å²) >= 11 is 0. The lowest BCUT2D eigenvalue weighted by molar-refractivity contribution is 0.126. The van der Waals surface area contributed by atoms with Crippen LogP contribution in [0.25, 0.3) is 0 Å². The lowest BCUT2D eigenvalue weighted by atomic mass is 9.98. The van der Waals surface area contributed by atoms with E-state index >= 15 is 0 Å². The predicted octanol–water partition coefficient (Wildman–Crippen LogP) is 3.24. The molecule has 2 bridgehead atoms. The second-order valence-electron chi connectivity index (χ2n) is 6.53. The normalized spacial score (nSPS) is 29.7. The molecule has 2 N–H and O–H groups in total. The first kappa shape index (κ1) is 14.9. The smallest absolute Gasteiger partial charge is 0.0579 e. The molecular formula is C18H28N2O. The van der Waals surface area contributed by atoms with E-state index in [1.165, 1.54) is 24.1 Å². The number of aliphatic hydroxyl groups is 1. The highest BCUT2D eigenvalue weighted by atomic mass is 16.3. The van der Waals surface area contributed by atoms with Crippen molar-refractivity contribution in [1.29, 1.82) is 0 Å². The molecule has 3 atom stereocenters. The SMILES string of the molecule is CCNC(CC)c1ccc(N2C3CCC2CC(O)C3)cc1. The average molecular weight is 288 g/mol. The van der Waals surface area contributed by atoms with Gasteiger partial charge in [0.15, 0.2) is 0 Å². The van der Waals surface area contributed by atoms with Crippen molar-refractivity contribution >= 4 is 5.69 Å². The van der Waals surface area contributed by atoms with Crippen LogP contribution in [0.4, 0.5) is 5.69 Å².